The molecule has 96 valence electrons. The number of fused-ring (bicyclic) bond motifs is 1. The zero-order chi connectivity index (χ0) is 12.5. The van der Waals surface area contributed by atoms with Crippen molar-refractivity contribution < 1.29 is 0 Å². The number of imidazole rings is 1. The van der Waals surface area contributed by atoms with E-state index in [-0.39, 0.29) is 0 Å². The summed E-state index contributed by atoms with van der Waals surface area (Å²) < 4.78 is 2.38. The number of hydrogen-bond donors (Lipinski definition) is 0. The van der Waals surface area contributed by atoms with E-state index in [2.05, 4.69) is 27.5 Å². The number of aryl methyl sites for hydroxylation is 1. The molecule has 1 unspecified atom stereocenters. The van der Waals surface area contributed by atoms with E-state index in [1.807, 2.05) is 12.4 Å². The molecule has 2 aromatic heterocycles. The zero-order valence-corrected chi connectivity index (χ0v) is 11.4. The van der Waals surface area contributed by atoms with Crippen LogP contribution in [0, 0.1) is 5.92 Å². The molecule has 3 rings (SSSR count). The average molecular weight is 264 g/mol. The lowest BCUT2D eigenvalue weighted by Crippen LogP contribution is -2.24. The minimum absolute atomic E-state index is 0.518. The second-order valence-electron chi connectivity index (χ2n) is 5.13. The Hall–Kier alpha value is -1.09. The lowest BCUT2D eigenvalue weighted by Gasteiger charge is -2.33. The first-order chi connectivity index (χ1) is 8.81. The van der Waals surface area contributed by atoms with Crippen LogP contribution in [0.25, 0.3) is 11.0 Å². The summed E-state index contributed by atoms with van der Waals surface area (Å²) in [6.45, 7) is 2.31. The normalized spacial score (nSPS) is 17.9. The maximum absolute atomic E-state index is 5.90. The van der Waals surface area contributed by atoms with E-state index in [1.54, 1.807) is 0 Å². The molecule has 0 radical (unpaired) electrons. The van der Waals surface area contributed by atoms with Crippen molar-refractivity contribution in [2.45, 2.75) is 38.6 Å². The summed E-state index contributed by atoms with van der Waals surface area (Å²) in [6, 6.07) is 2.58. The predicted octanol–water partition coefficient (Wildman–Crippen LogP) is 3.57. The molecule has 0 aromatic carbocycles. The number of pyridine rings is 1. The summed E-state index contributed by atoms with van der Waals surface area (Å²) >= 11 is 5.90. The van der Waals surface area contributed by atoms with Crippen molar-refractivity contribution in [2.24, 2.45) is 5.92 Å². The molecular formula is C14H18ClN3. The molecule has 0 spiro atoms. The molecule has 1 aliphatic carbocycles. The molecule has 2 aromatic rings. The van der Waals surface area contributed by atoms with Crippen LogP contribution in [-0.4, -0.2) is 20.4 Å². The third-order valence-corrected chi connectivity index (χ3v) is 4.31. The molecule has 1 fully saturated rings. The molecule has 1 aliphatic rings. The minimum Gasteiger partial charge on any atom is -0.325 e. The van der Waals surface area contributed by atoms with Gasteiger partial charge in [0.2, 0.25) is 0 Å². The fourth-order valence-electron chi connectivity index (χ4n) is 2.85. The summed E-state index contributed by atoms with van der Waals surface area (Å²) in [4.78, 5) is 8.84. The molecule has 0 bridgehead atoms. The van der Waals surface area contributed by atoms with Gasteiger partial charge in [-0.1, -0.05) is 6.42 Å². The summed E-state index contributed by atoms with van der Waals surface area (Å²) in [5, 5.41) is 0. The van der Waals surface area contributed by atoms with Crippen LogP contribution in [0.4, 0.5) is 0 Å². The van der Waals surface area contributed by atoms with Crippen LogP contribution < -0.4 is 0 Å². The first-order valence-electron chi connectivity index (χ1n) is 6.68. The third-order valence-electron chi connectivity index (χ3n) is 4.12. The zero-order valence-electron chi connectivity index (χ0n) is 10.6. The highest BCUT2D eigenvalue weighted by molar-refractivity contribution is 6.17. The monoisotopic (exact) mass is 263 g/mol. The molecule has 0 saturated heterocycles. The van der Waals surface area contributed by atoms with Crippen molar-refractivity contribution in [3.8, 4) is 0 Å². The molecule has 18 heavy (non-hydrogen) atoms. The van der Waals surface area contributed by atoms with Gasteiger partial charge >= 0.3 is 0 Å². The largest absolute Gasteiger partial charge is 0.325 e. The highest BCUT2D eigenvalue weighted by atomic mass is 35.5. The smallest absolute Gasteiger partial charge is 0.111 e. The van der Waals surface area contributed by atoms with Gasteiger partial charge in [-0.25, -0.2) is 4.98 Å². The van der Waals surface area contributed by atoms with Crippen LogP contribution in [-0.2, 0) is 6.42 Å². The second-order valence-corrected chi connectivity index (χ2v) is 5.51. The van der Waals surface area contributed by atoms with Crippen LogP contribution in [0.2, 0.25) is 0 Å². The quantitative estimate of drug-likeness (QED) is 0.790. The lowest BCUT2D eigenvalue weighted by atomic mass is 9.80. The van der Waals surface area contributed by atoms with Gasteiger partial charge in [0.25, 0.3) is 0 Å². The van der Waals surface area contributed by atoms with Crippen molar-refractivity contribution >= 4 is 22.6 Å². The Morgan fingerprint density at radius 1 is 1.50 bits per heavy atom. The summed E-state index contributed by atoms with van der Waals surface area (Å²) in [5.41, 5.74) is 2.19. The van der Waals surface area contributed by atoms with E-state index in [4.69, 9.17) is 11.6 Å². The topological polar surface area (TPSA) is 30.7 Å². The second kappa shape index (κ2) is 4.88. The van der Waals surface area contributed by atoms with Crippen molar-refractivity contribution in [3.63, 3.8) is 0 Å². The first-order valence-corrected chi connectivity index (χ1v) is 7.21. The molecule has 0 aliphatic heterocycles. The van der Waals surface area contributed by atoms with Crippen LogP contribution in [0.3, 0.4) is 0 Å². The molecule has 0 amide bonds. The highest BCUT2D eigenvalue weighted by Gasteiger charge is 2.27. The van der Waals surface area contributed by atoms with Gasteiger partial charge in [0.05, 0.1) is 11.7 Å². The van der Waals surface area contributed by atoms with Crippen LogP contribution in [0.5, 0.6) is 0 Å². The van der Waals surface area contributed by atoms with Crippen molar-refractivity contribution in [2.75, 3.05) is 5.88 Å². The average Bonchev–Trinajstić information content (AvgIpc) is 2.65. The van der Waals surface area contributed by atoms with Crippen molar-refractivity contribution in [1.82, 2.24) is 14.5 Å². The first kappa shape index (κ1) is 12.0. The number of rotatable bonds is 4. The standard InChI is InChI=1S/C14H18ClN3/c1-10(11-3-2-4-11)18-13-6-8-16-9-12(13)17-14(18)5-7-15/h6,8-11H,2-5,7H2,1H3. The van der Waals surface area contributed by atoms with Gasteiger partial charge in [-0.15, -0.1) is 11.6 Å². The van der Waals surface area contributed by atoms with Gasteiger partial charge in [-0.2, -0.15) is 0 Å². The van der Waals surface area contributed by atoms with Crippen LogP contribution in [0.1, 0.15) is 38.1 Å². The maximum Gasteiger partial charge on any atom is 0.111 e. The van der Waals surface area contributed by atoms with Gasteiger partial charge in [0.15, 0.2) is 0 Å². The predicted molar refractivity (Wildman–Crippen MR) is 74.0 cm³/mol. The minimum atomic E-state index is 0.518. The SMILES string of the molecule is CC(C1CCC1)n1c(CCCl)nc2cnccc21. The van der Waals surface area contributed by atoms with E-state index < -0.39 is 0 Å². The molecule has 1 atom stereocenters. The van der Waals surface area contributed by atoms with E-state index in [1.165, 1.54) is 24.8 Å². The van der Waals surface area contributed by atoms with Crippen LogP contribution in [0.15, 0.2) is 18.5 Å². The molecule has 2 heterocycles. The fourth-order valence-corrected chi connectivity index (χ4v) is 3.02. The maximum atomic E-state index is 5.90. The van der Waals surface area contributed by atoms with Gasteiger partial charge < -0.3 is 4.57 Å². The van der Waals surface area contributed by atoms with Gasteiger partial charge in [0.1, 0.15) is 11.3 Å². The van der Waals surface area contributed by atoms with E-state index in [0.717, 1.165) is 23.7 Å². The van der Waals surface area contributed by atoms with E-state index in [0.29, 0.717) is 11.9 Å². The fraction of sp³-hybridized carbons (Fsp3) is 0.571. The number of alkyl halides is 1. The number of aromatic nitrogens is 3. The molecule has 3 nitrogen and oxygen atoms in total. The Bertz CT molecular complexity index is 545. The number of halogens is 1. The summed E-state index contributed by atoms with van der Waals surface area (Å²) in [6.07, 6.45) is 8.56. The molecular weight excluding hydrogens is 246 g/mol. The van der Waals surface area contributed by atoms with Crippen molar-refractivity contribution in [3.05, 3.63) is 24.3 Å². The highest BCUT2D eigenvalue weighted by Crippen LogP contribution is 2.38. The Morgan fingerprint density at radius 2 is 2.33 bits per heavy atom. The van der Waals surface area contributed by atoms with Crippen LogP contribution >= 0.6 is 11.6 Å². The Labute approximate surface area is 112 Å². The Kier molecular flexibility index (Phi) is 3.25. The summed E-state index contributed by atoms with van der Waals surface area (Å²) in [5.74, 6) is 2.52. The molecule has 0 N–H and O–H groups in total. The van der Waals surface area contributed by atoms with E-state index >= 15 is 0 Å². The number of nitrogens with zero attached hydrogens (tertiary/aromatic N) is 3. The van der Waals surface area contributed by atoms with Gasteiger partial charge in [-0.05, 0) is 31.7 Å². The molecule has 1 saturated carbocycles. The van der Waals surface area contributed by atoms with E-state index in [9.17, 15) is 0 Å². The summed E-state index contributed by atoms with van der Waals surface area (Å²) in [7, 11) is 0. The third kappa shape index (κ3) is 1.91. The Morgan fingerprint density at radius 3 is 3.00 bits per heavy atom. The lowest BCUT2D eigenvalue weighted by molar-refractivity contribution is 0.223. The van der Waals surface area contributed by atoms with Gasteiger partial charge in [-0.3, -0.25) is 4.98 Å². The molecule has 4 heteroatoms. The Balaban J connectivity index is 2.07. The van der Waals surface area contributed by atoms with Gasteiger partial charge in [0, 0.05) is 24.5 Å². The number of hydrogen-bond acceptors (Lipinski definition) is 2. The van der Waals surface area contributed by atoms with Crippen molar-refractivity contribution in [1.29, 1.82) is 0 Å².